The fraction of sp³-hybridized carbons (Fsp3) is 0.333. The van der Waals surface area contributed by atoms with E-state index in [1.807, 2.05) is 19.4 Å². The molecule has 0 bridgehead atoms. The Hall–Kier alpha value is -2.50. The Morgan fingerprint density at radius 1 is 1.48 bits per heavy atom. The Morgan fingerprint density at radius 3 is 2.95 bits per heavy atom. The lowest BCUT2D eigenvalue weighted by molar-refractivity contribution is 0.0527. The van der Waals surface area contributed by atoms with Crippen molar-refractivity contribution in [1.82, 2.24) is 9.78 Å². The van der Waals surface area contributed by atoms with Gasteiger partial charge in [0.2, 0.25) is 0 Å². The van der Waals surface area contributed by atoms with Crippen molar-refractivity contribution >= 4 is 17.3 Å². The highest BCUT2D eigenvalue weighted by Crippen LogP contribution is 2.24. The van der Waals surface area contributed by atoms with Gasteiger partial charge in [0.25, 0.3) is 0 Å². The molecule has 0 aliphatic heterocycles. The van der Waals surface area contributed by atoms with Gasteiger partial charge in [0.1, 0.15) is 0 Å². The Labute approximate surface area is 123 Å². The molecule has 0 amide bonds. The van der Waals surface area contributed by atoms with Crippen LogP contribution >= 0.6 is 0 Å². The van der Waals surface area contributed by atoms with Crippen LogP contribution in [0, 0.1) is 0 Å². The Balaban J connectivity index is 2.06. The van der Waals surface area contributed by atoms with Crippen LogP contribution in [0.15, 0.2) is 30.6 Å². The zero-order chi connectivity index (χ0) is 15.2. The molecule has 0 unspecified atom stereocenters. The molecule has 0 atom stereocenters. The van der Waals surface area contributed by atoms with Gasteiger partial charge in [-0.1, -0.05) is 6.07 Å². The number of para-hydroxylation sites is 1. The van der Waals surface area contributed by atoms with Gasteiger partial charge in [0.05, 0.1) is 29.7 Å². The quantitative estimate of drug-likeness (QED) is 0.626. The number of aryl methyl sites for hydroxylation is 1. The summed E-state index contributed by atoms with van der Waals surface area (Å²) in [6.45, 7) is 2.77. The standard InChI is InChI=1S/C15H20N4O2/c1-3-21-15(20)12-5-4-6-13(16)14(12)17-8-7-11-9-18-19(2)10-11/h4-6,9-10,17H,3,7-8,16H2,1-2H3. The summed E-state index contributed by atoms with van der Waals surface area (Å²) in [6.07, 6.45) is 4.58. The molecule has 21 heavy (non-hydrogen) atoms. The van der Waals surface area contributed by atoms with E-state index in [4.69, 9.17) is 10.5 Å². The molecular weight excluding hydrogens is 268 g/mol. The Morgan fingerprint density at radius 2 is 2.29 bits per heavy atom. The molecule has 6 nitrogen and oxygen atoms in total. The van der Waals surface area contributed by atoms with Gasteiger partial charge in [-0.05, 0) is 31.0 Å². The molecule has 6 heteroatoms. The molecule has 0 fully saturated rings. The summed E-state index contributed by atoms with van der Waals surface area (Å²) in [6, 6.07) is 5.21. The normalized spacial score (nSPS) is 10.4. The molecule has 0 saturated heterocycles. The van der Waals surface area contributed by atoms with Gasteiger partial charge in [-0.2, -0.15) is 5.10 Å². The molecule has 0 aliphatic rings. The van der Waals surface area contributed by atoms with Crippen LogP contribution in [-0.4, -0.2) is 28.9 Å². The van der Waals surface area contributed by atoms with Crippen LogP contribution in [0.3, 0.4) is 0 Å². The third-order valence-electron chi connectivity index (χ3n) is 3.07. The molecule has 3 N–H and O–H groups in total. The highest BCUT2D eigenvalue weighted by atomic mass is 16.5. The van der Waals surface area contributed by atoms with E-state index in [0.29, 0.717) is 30.1 Å². The number of hydrogen-bond donors (Lipinski definition) is 2. The number of nitrogens with one attached hydrogen (secondary N) is 1. The van der Waals surface area contributed by atoms with E-state index in [9.17, 15) is 4.79 Å². The first kappa shape index (κ1) is 14.9. The number of nitrogens with zero attached hydrogens (tertiary/aromatic N) is 2. The van der Waals surface area contributed by atoms with E-state index in [1.54, 1.807) is 29.8 Å². The first-order valence-corrected chi connectivity index (χ1v) is 6.88. The van der Waals surface area contributed by atoms with Gasteiger partial charge in [-0.3, -0.25) is 4.68 Å². The molecule has 0 aliphatic carbocycles. The van der Waals surface area contributed by atoms with E-state index in [-0.39, 0.29) is 5.97 Å². The van der Waals surface area contributed by atoms with Crippen molar-refractivity contribution in [2.24, 2.45) is 7.05 Å². The van der Waals surface area contributed by atoms with Crippen molar-refractivity contribution in [2.45, 2.75) is 13.3 Å². The molecule has 1 aromatic carbocycles. The molecule has 0 radical (unpaired) electrons. The average molecular weight is 288 g/mol. The second-order valence-corrected chi connectivity index (χ2v) is 4.69. The molecule has 2 rings (SSSR count). The maximum Gasteiger partial charge on any atom is 0.340 e. The lowest BCUT2D eigenvalue weighted by Crippen LogP contribution is -2.13. The predicted molar refractivity (Wildman–Crippen MR) is 82.2 cm³/mol. The summed E-state index contributed by atoms with van der Waals surface area (Å²) in [5.41, 5.74) is 8.69. The van der Waals surface area contributed by atoms with Crippen LogP contribution in [0.4, 0.5) is 11.4 Å². The lowest BCUT2D eigenvalue weighted by Gasteiger charge is -2.13. The fourth-order valence-corrected chi connectivity index (χ4v) is 2.08. The number of carbonyl (C=O) groups is 1. The van der Waals surface area contributed by atoms with E-state index in [0.717, 1.165) is 12.0 Å². The summed E-state index contributed by atoms with van der Waals surface area (Å²) >= 11 is 0. The minimum absolute atomic E-state index is 0.336. The van der Waals surface area contributed by atoms with Crippen molar-refractivity contribution in [3.8, 4) is 0 Å². The predicted octanol–water partition coefficient (Wildman–Crippen LogP) is 1.83. The number of anilines is 2. The van der Waals surface area contributed by atoms with Crippen molar-refractivity contribution in [3.63, 3.8) is 0 Å². The number of ether oxygens (including phenoxy) is 1. The number of hydrogen-bond acceptors (Lipinski definition) is 5. The van der Waals surface area contributed by atoms with E-state index in [1.165, 1.54) is 0 Å². The number of nitrogen functional groups attached to an aromatic ring is 1. The number of carbonyl (C=O) groups excluding carboxylic acids is 1. The molecule has 0 saturated carbocycles. The zero-order valence-electron chi connectivity index (χ0n) is 12.3. The van der Waals surface area contributed by atoms with Gasteiger partial charge in [-0.25, -0.2) is 4.79 Å². The molecule has 2 aromatic rings. The molecular formula is C15H20N4O2. The summed E-state index contributed by atoms with van der Waals surface area (Å²) in [5.74, 6) is -0.367. The second kappa shape index (κ2) is 6.78. The number of esters is 1. The maximum absolute atomic E-state index is 11.9. The van der Waals surface area contributed by atoms with E-state index in [2.05, 4.69) is 10.4 Å². The van der Waals surface area contributed by atoms with Crippen molar-refractivity contribution < 1.29 is 9.53 Å². The van der Waals surface area contributed by atoms with Crippen LogP contribution in [-0.2, 0) is 18.2 Å². The smallest absolute Gasteiger partial charge is 0.340 e. The third kappa shape index (κ3) is 3.75. The van der Waals surface area contributed by atoms with Crippen LogP contribution in [0.25, 0.3) is 0 Å². The minimum atomic E-state index is -0.367. The SMILES string of the molecule is CCOC(=O)c1cccc(N)c1NCCc1cnn(C)c1. The van der Waals surface area contributed by atoms with Gasteiger partial charge in [-0.15, -0.1) is 0 Å². The van der Waals surface area contributed by atoms with E-state index < -0.39 is 0 Å². The molecule has 1 heterocycles. The Bertz CT molecular complexity index is 622. The highest BCUT2D eigenvalue weighted by Gasteiger charge is 2.14. The number of aromatic nitrogens is 2. The van der Waals surface area contributed by atoms with Gasteiger partial charge < -0.3 is 15.8 Å². The highest BCUT2D eigenvalue weighted by molar-refractivity contribution is 5.98. The average Bonchev–Trinajstić information content (AvgIpc) is 2.86. The van der Waals surface area contributed by atoms with Crippen LogP contribution < -0.4 is 11.1 Å². The third-order valence-corrected chi connectivity index (χ3v) is 3.07. The Kier molecular flexibility index (Phi) is 4.81. The first-order chi connectivity index (χ1) is 10.1. The van der Waals surface area contributed by atoms with Crippen LogP contribution in [0.5, 0.6) is 0 Å². The second-order valence-electron chi connectivity index (χ2n) is 4.69. The number of rotatable bonds is 6. The van der Waals surface area contributed by atoms with Gasteiger partial charge >= 0.3 is 5.97 Å². The number of nitrogens with two attached hydrogens (primary N) is 1. The maximum atomic E-state index is 11.9. The van der Waals surface area contributed by atoms with Gasteiger partial charge in [0.15, 0.2) is 0 Å². The van der Waals surface area contributed by atoms with Crippen molar-refractivity contribution in [2.75, 3.05) is 24.2 Å². The molecule has 112 valence electrons. The fourth-order valence-electron chi connectivity index (χ4n) is 2.08. The summed E-state index contributed by atoms with van der Waals surface area (Å²) in [4.78, 5) is 11.9. The van der Waals surface area contributed by atoms with Gasteiger partial charge in [0, 0.05) is 19.8 Å². The summed E-state index contributed by atoms with van der Waals surface area (Å²) in [5, 5.41) is 7.34. The topological polar surface area (TPSA) is 82.2 Å². The van der Waals surface area contributed by atoms with Crippen molar-refractivity contribution in [1.29, 1.82) is 0 Å². The lowest BCUT2D eigenvalue weighted by atomic mass is 10.1. The summed E-state index contributed by atoms with van der Waals surface area (Å²) in [7, 11) is 1.88. The van der Waals surface area contributed by atoms with Crippen LogP contribution in [0.2, 0.25) is 0 Å². The number of benzene rings is 1. The largest absolute Gasteiger partial charge is 0.462 e. The monoisotopic (exact) mass is 288 g/mol. The minimum Gasteiger partial charge on any atom is -0.462 e. The zero-order valence-corrected chi connectivity index (χ0v) is 12.3. The summed E-state index contributed by atoms with van der Waals surface area (Å²) < 4.78 is 6.80. The van der Waals surface area contributed by atoms with E-state index >= 15 is 0 Å². The molecule has 1 aromatic heterocycles. The first-order valence-electron chi connectivity index (χ1n) is 6.88. The van der Waals surface area contributed by atoms with Crippen molar-refractivity contribution in [3.05, 3.63) is 41.7 Å². The molecule has 0 spiro atoms. The van der Waals surface area contributed by atoms with Crippen LogP contribution in [0.1, 0.15) is 22.8 Å².